The molecule has 0 fully saturated rings. The van der Waals surface area contributed by atoms with Gasteiger partial charge in [-0.15, -0.1) is 5.10 Å². The summed E-state index contributed by atoms with van der Waals surface area (Å²) in [6.45, 7) is 4.55. The van der Waals surface area contributed by atoms with Gasteiger partial charge in [0.1, 0.15) is 5.65 Å². The Kier molecular flexibility index (Phi) is 5.29. The quantitative estimate of drug-likeness (QED) is 0.438. The lowest BCUT2D eigenvalue weighted by Gasteiger charge is -2.11. The van der Waals surface area contributed by atoms with E-state index in [1.807, 2.05) is 30.5 Å². The van der Waals surface area contributed by atoms with Gasteiger partial charge in [0.15, 0.2) is 5.82 Å². The van der Waals surface area contributed by atoms with E-state index in [1.54, 1.807) is 30.6 Å². The summed E-state index contributed by atoms with van der Waals surface area (Å²) < 4.78 is 2.71. The zero-order chi connectivity index (χ0) is 20.5. The number of hydrogen-bond acceptors (Lipinski definition) is 5. The number of aromatic nitrogens is 5. The van der Waals surface area contributed by atoms with Crippen molar-refractivity contribution >= 4 is 50.7 Å². The maximum absolute atomic E-state index is 13.1. The van der Waals surface area contributed by atoms with E-state index in [-0.39, 0.29) is 11.4 Å². The van der Waals surface area contributed by atoms with Gasteiger partial charge in [-0.3, -0.25) is 9.89 Å². The van der Waals surface area contributed by atoms with Crippen molar-refractivity contribution in [3.05, 3.63) is 67.5 Å². The van der Waals surface area contributed by atoms with Crippen molar-refractivity contribution in [3.8, 4) is 11.4 Å². The average Bonchev–Trinajstić information content (AvgIpc) is 3.18. The number of hydrogen-bond donors (Lipinski definition) is 1. The Hall–Kier alpha value is -2.84. The van der Waals surface area contributed by atoms with Crippen LogP contribution in [0.15, 0.2) is 50.8 Å². The van der Waals surface area contributed by atoms with E-state index < -0.39 is 0 Å². The lowest BCUT2D eigenvalue weighted by Crippen LogP contribution is -2.14. The molecule has 3 aromatic heterocycles. The van der Waals surface area contributed by atoms with Crippen molar-refractivity contribution in [2.45, 2.75) is 20.4 Å². The van der Waals surface area contributed by atoms with Crippen LogP contribution in [-0.2, 0) is 6.54 Å². The first-order chi connectivity index (χ1) is 14.0. The zero-order valence-corrected chi connectivity index (χ0v) is 18.0. The largest absolute Gasteiger partial charge is 0.332 e. The van der Waals surface area contributed by atoms with Gasteiger partial charge in [0.2, 0.25) is 5.43 Å². The molecular formula is C20H16BrClN6O. The molecule has 146 valence electrons. The molecule has 0 radical (unpaired) electrons. The van der Waals surface area contributed by atoms with Crippen LogP contribution in [0.1, 0.15) is 18.2 Å². The molecule has 0 aliphatic rings. The van der Waals surface area contributed by atoms with Crippen LogP contribution in [0.4, 0.5) is 5.95 Å². The SMILES string of the molecule is CCn1cc(-c2nc(/N=C/c3ccc(Cl)cc3)n[nH]2)c(=O)c2cc(Br)c(C)nc21. The molecule has 0 aliphatic carbocycles. The Labute approximate surface area is 179 Å². The van der Waals surface area contributed by atoms with Crippen LogP contribution in [0.25, 0.3) is 22.4 Å². The third-order valence-corrected chi connectivity index (χ3v) is 5.50. The van der Waals surface area contributed by atoms with E-state index in [0.717, 1.165) is 15.7 Å². The normalized spacial score (nSPS) is 11.6. The first kappa shape index (κ1) is 19.5. The first-order valence-electron chi connectivity index (χ1n) is 8.89. The van der Waals surface area contributed by atoms with E-state index in [0.29, 0.717) is 34.0 Å². The molecular weight excluding hydrogens is 456 g/mol. The fourth-order valence-corrected chi connectivity index (χ4v) is 3.34. The molecule has 1 N–H and O–H groups in total. The summed E-state index contributed by atoms with van der Waals surface area (Å²) in [6.07, 6.45) is 3.38. The van der Waals surface area contributed by atoms with Crippen molar-refractivity contribution < 1.29 is 0 Å². The van der Waals surface area contributed by atoms with Crippen LogP contribution >= 0.6 is 27.5 Å². The molecule has 9 heteroatoms. The summed E-state index contributed by atoms with van der Waals surface area (Å²) in [5, 5.41) is 8.08. The summed E-state index contributed by atoms with van der Waals surface area (Å²) in [5.74, 6) is 0.597. The van der Waals surface area contributed by atoms with Crippen molar-refractivity contribution in [2.24, 2.45) is 4.99 Å². The van der Waals surface area contributed by atoms with Crippen LogP contribution in [-0.4, -0.2) is 30.9 Å². The number of halogens is 2. The number of nitrogens with one attached hydrogen (secondary N) is 1. The minimum Gasteiger partial charge on any atom is -0.332 e. The summed E-state index contributed by atoms with van der Waals surface area (Å²) in [5.41, 5.74) is 2.58. The molecule has 29 heavy (non-hydrogen) atoms. The number of rotatable bonds is 4. The molecule has 4 rings (SSSR count). The highest BCUT2D eigenvalue weighted by atomic mass is 79.9. The number of aromatic amines is 1. The molecule has 1 aromatic carbocycles. The van der Waals surface area contributed by atoms with E-state index in [1.165, 1.54) is 0 Å². The van der Waals surface area contributed by atoms with E-state index in [2.05, 4.69) is 41.1 Å². The monoisotopic (exact) mass is 470 g/mol. The fourth-order valence-electron chi connectivity index (χ4n) is 2.90. The van der Waals surface area contributed by atoms with E-state index in [4.69, 9.17) is 11.6 Å². The second-order valence-corrected chi connectivity index (χ2v) is 7.67. The molecule has 3 heterocycles. The maximum atomic E-state index is 13.1. The highest BCUT2D eigenvalue weighted by Gasteiger charge is 2.16. The Morgan fingerprint density at radius 1 is 1.28 bits per heavy atom. The number of fused-ring (bicyclic) bond motifs is 1. The van der Waals surface area contributed by atoms with Crippen molar-refractivity contribution in [3.63, 3.8) is 0 Å². The molecule has 0 atom stereocenters. The number of H-pyrrole nitrogens is 1. The molecule has 0 spiro atoms. The summed E-state index contributed by atoms with van der Waals surface area (Å²) in [6, 6.07) is 9.04. The second kappa shape index (κ2) is 7.88. The van der Waals surface area contributed by atoms with Crippen LogP contribution in [0.5, 0.6) is 0 Å². The maximum Gasteiger partial charge on any atom is 0.268 e. The van der Waals surface area contributed by atoms with Crippen LogP contribution in [0.2, 0.25) is 5.02 Å². The van der Waals surface area contributed by atoms with Gasteiger partial charge in [0, 0.05) is 28.5 Å². The van der Waals surface area contributed by atoms with Crippen molar-refractivity contribution in [1.82, 2.24) is 24.7 Å². The molecule has 0 saturated carbocycles. The summed E-state index contributed by atoms with van der Waals surface area (Å²) >= 11 is 9.34. The Bertz CT molecular complexity index is 1290. The van der Waals surface area contributed by atoms with Gasteiger partial charge in [0.05, 0.1) is 16.6 Å². The minimum absolute atomic E-state index is 0.165. The molecule has 0 aliphatic heterocycles. The second-order valence-electron chi connectivity index (χ2n) is 6.38. The predicted molar refractivity (Wildman–Crippen MR) is 118 cm³/mol. The average molecular weight is 472 g/mol. The lowest BCUT2D eigenvalue weighted by atomic mass is 10.1. The van der Waals surface area contributed by atoms with Crippen LogP contribution < -0.4 is 5.43 Å². The van der Waals surface area contributed by atoms with Gasteiger partial charge >= 0.3 is 0 Å². The first-order valence-corrected chi connectivity index (χ1v) is 10.1. The molecule has 0 unspecified atom stereocenters. The van der Waals surface area contributed by atoms with Gasteiger partial charge < -0.3 is 4.57 Å². The van der Waals surface area contributed by atoms with Gasteiger partial charge in [-0.25, -0.2) is 9.98 Å². The molecule has 0 amide bonds. The third kappa shape index (κ3) is 3.86. The molecule has 7 nitrogen and oxygen atoms in total. The van der Waals surface area contributed by atoms with E-state index in [9.17, 15) is 4.79 Å². The number of benzene rings is 1. The molecule has 0 saturated heterocycles. The highest BCUT2D eigenvalue weighted by molar-refractivity contribution is 9.10. The summed E-state index contributed by atoms with van der Waals surface area (Å²) in [4.78, 5) is 26.2. The number of aliphatic imine (C=N–C) groups is 1. The smallest absolute Gasteiger partial charge is 0.268 e. The zero-order valence-electron chi connectivity index (χ0n) is 15.6. The standard InChI is InChI=1S/C20H16BrClN6O/c1-3-28-10-15(17(29)14-8-16(21)11(2)24-19(14)28)18-25-20(27-26-18)23-9-12-4-6-13(22)7-5-12/h4-10H,3H2,1-2H3,(H,25,26,27)/b23-9+. The minimum atomic E-state index is -0.165. The van der Waals surface area contributed by atoms with Crippen LogP contribution in [0.3, 0.4) is 0 Å². The predicted octanol–water partition coefficient (Wildman–Crippen LogP) is 4.68. The van der Waals surface area contributed by atoms with Crippen LogP contribution in [0, 0.1) is 6.92 Å². The van der Waals surface area contributed by atoms with Gasteiger partial charge in [-0.2, -0.15) is 4.98 Å². The lowest BCUT2D eigenvalue weighted by molar-refractivity contribution is 0.775. The number of pyridine rings is 2. The van der Waals surface area contributed by atoms with Gasteiger partial charge in [0.25, 0.3) is 5.95 Å². The fraction of sp³-hybridized carbons (Fsp3) is 0.150. The highest BCUT2D eigenvalue weighted by Crippen LogP contribution is 2.22. The third-order valence-electron chi connectivity index (χ3n) is 4.45. The molecule has 0 bridgehead atoms. The van der Waals surface area contributed by atoms with Crippen molar-refractivity contribution in [2.75, 3.05) is 0 Å². The number of aryl methyl sites for hydroxylation is 2. The van der Waals surface area contributed by atoms with Gasteiger partial charge in [-0.1, -0.05) is 23.7 Å². The Morgan fingerprint density at radius 2 is 2.03 bits per heavy atom. The van der Waals surface area contributed by atoms with E-state index >= 15 is 0 Å². The molecule has 4 aromatic rings. The topological polar surface area (TPSA) is 88.8 Å². The van der Waals surface area contributed by atoms with Gasteiger partial charge in [-0.05, 0) is 53.5 Å². The Morgan fingerprint density at radius 3 is 2.76 bits per heavy atom. The summed E-state index contributed by atoms with van der Waals surface area (Å²) in [7, 11) is 0. The number of nitrogens with zero attached hydrogens (tertiary/aromatic N) is 5. The van der Waals surface area contributed by atoms with Crippen molar-refractivity contribution in [1.29, 1.82) is 0 Å². The Balaban J connectivity index is 1.75.